The van der Waals surface area contributed by atoms with Crippen molar-refractivity contribution in [2.75, 3.05) is 44.7 Å². The number of morpholine rings is 1. The number of benzene rings is 1. The van der Waals surface area contributed by atoms with Crippen LogP contribution in [0.3, 0.4) is 0 Å². The molecule has 1 saturated carbocycles. The van der Waals surface area contributed by atoms with E-state index in [0.717, 1.165) is 50.5 Å². The topological polar surface area (TPSA) is 70.7 Å². The first kappa shape index (κ1) is 17.9. The van der Waals surface area contributed by atoms with Gasteiger partial charge in [-0.05, 0) is 30.9 Å². The van der Waals surface area contributed by atoms with Crippen molar-refractivity contribution in [1.82, 2.24) is 10.2 Å². The number of anilines is 1. The molecule has 0 unspecified atom stereocenters. The Hall–Kier alpha value is -1.92. The van der Waals surface area contributed by atoms with Gasteiger partial charge in [-0.3, -0.25) is 14.5 Å². The van der Waals surface area contributed by atoms with E-state index in [1.807, 2.05) is 24.3 Å². The molecule has 2 amide bonds. The van der Waals surface area contributed by atoms with E-state index in [1.54, 1.807) is 0 Å². The van der Waals surface area contributed by atoms with Crippen molar-refractivity contribution >= 4 is 17.5 Å². The third-order valence-electron chi connectivity index (χ3n) is 5.08. The maximum Gasteiger partial charge on any atom is 0.240 e. The Labute approximate surface area is 148 Å². The highest BCUT2D eigenvalue weighted by Gasteiger charge is 2.56. The zero-order valence-electron chi connectivity index (χ0n) is 14.8. The zero-order chi connectivity index (χ0) is 17.7. The average Bonchev–Trinajstić information content (AvgIpc) is 3.45. The summed E-state index contributed by atoms with van der Waals surface area (Å²) in [6.07, 6.45) is 2.09. The van der Waals surface area contributed by atoms with Crippen molar-refractivity contribution in [3.63, 3.8) is 0 Å². The van der Waals surface area contributed by atoms with Crippen LogP contribution in [0, 0.1) is 5.41 Å². The number of nitrogens with one attached hydrogen (secondary N) is 2. The molecule has 1 aliphatic heterocycles. The van der Waals surface area contributed by atoms with Crippen LogP contribution in [-0.4, -0.2) is 56.1 Å². The van der Waals surface area contributed by atoms with E-state index in [0.29, 0.717) is 19.4 Å². The Morgan fingerprint density at radius 1 is 1.16 bits per heavy atom. The minimum absolute atomic E-state index is 0.146. The highest BCUT2D eigenvalue weighted by atomic mass is 16.5. The Kier molecular flexibility index (Phi) is 5.71. The summed E-state index contributed by atoms with van der Waals surface area (Å²) in [5.41, 5.74) is 1.01. The molecule has 2 aliphatic rings. The third kappa shape index (κ3) is 4.19. The van der Waals surface area contributed by atoms with Gasteiger partial charge in [0.15, 0.2) is 0 Å². The molecule has 3 rings (SSSR count). The number of para-hydroxylation sites is 1. The smallest absolute Gasteiger partial charge is 0.240 e. The fourth-order valence-corrected chi connectivity index (χ4v) is 3.20. The van der Waals surface area contributed by atoms with Crippen LogP contribution >= 0.6 is 0 Å². The first-order valence-corrected chi connectivity index (χ1v) is 9.13. The largest absolute Gasteiger partial charge is 0.379 e. The molecule has 0 bridgehead atoms. The van der Waals surface area contributed by atoms with Crippen molar-refractivity contribution in [3.8, 4) is 0 Å². The number of carbonyl (C=O) groups is 2. The predicted octanol–water partition coefficient (Wildman–Crippen LogP) is 1.42. The van der Waals surface area contributed by atoms with Gasteiger partial charge in [-0.1, -0.05) is 25.1 Å². The standard InChI is InChI=1S/C19H27N3O3/c1-2-15-5-3-4-6-16(15)21-18(24)19(7-8-19)17(23)20-9-10-22-11-13-25-14-12-22/h3-6H,2,7-14H2,1H3,(H,20,23)(H,21,24). The number of amides is 2. The molecule has 1 aliphatic carbocycles. The molecule has 0 aromatic heterocycles. The normalized spacial score (nSPS) is 19.2. The number of rotatable bonds is 7. The molecular formula is C19H27N3O3. The molecule has 2 N–H and O–H groups in total. The summed E-state index contributed by atoms with van der Waals surface area (Å²) in [6.45, 7) is 6.71. The number of ether oxygens (including phenoxy) is 1. The second-order valence-corrected chi connectivity index (χ2v) is 6.76. The number of aryl methyl sites for hydroxylation is 1. The number of carbonyl (C=O) groups excluding carboxylic acids is 2. The monoisotopic (exact) mass is 345 g/mol. The minimum atomic E-state index is -0.883. The van der Waals surface area contributed by atoms with Crippen LogP contribution < -0.4 is 10.6 Å². The molecule has 1 heterocycles. The minimum Gasteiger partial charge on any atom is -0.379 e. The van der Waals surface area contributed by atoms with Crippen LogP contribution in [-0.2, 0) is 20.7 Å². The Morgan fingerprint density at radius 3 is 2.56 bits per heavy atom. The summed E-state index contributed by atoms with van der Waals surface area (Å²) < 4.78 is 5.32. The second kappa shape index (κ2) is 7.97. The number of hydrogen-bond acceptors (Lipinski definition) is 4. The summed E-state index contributed by atoms with van der Waals surface area (Å²) in [6, 6.07) is 7.75. The van der Waals surface area contributed by atoms with Crippen molar-refractivity contribution in [2.24, 2.45) is 5.41 Å². The molecule has 1 aromatic carbocycles. The van der Waals surface area contributed by atoms with Gasteiger partial charge in [-0.15, -0.1) is 0 Å². The van der Waals surface area contributed by atoms with Crippen molar-refractivity contribution < 1.29 is 14.3 Å². The Bertz CT molecular complexity index is 622. The lowest BCUT2D eigenvalue weighted by atomic mass is 10.0. The highest BCUT2D eigenvalue weighted by molar-refractivity contribution is 6.13. The summed E-state index contributed by atoms with van der Waals surface area (Å²) in [5.74, 6) is -0.329. The number of hydrogen-bond donors (Lipinski definition) is 2. The van der Waals surface area contributed by atoms with E-state index >= 15 is 0 Å². The zero-order valence-corrected chi connectivity index (χ0v) is 14.8. The Balaban J connectivity index is 1.52. The fourth-order valence-electron chi connectivity index (χ4n) is 3.20. The van der Waals surface area contributed by atoms with E-state index in [1.165, 1.54) is 0 Å². The van der Waals surface area contributed by atoms with Crippen LogP contribution in [0.5, 0.6) is 0 Å². The van der Waals surface area contributed by atoms with Crippen molar-refractivity contribution in [2.45, 2.75) is 26.2 Å². The lowest BCUT2D eigenvalue weighted by Gasteiger charge is -2.26. The molecular weight excluding hydrogens is 318 g/mol. The van der Waals surface area contributed by atoms with Crippen LogP contribution in [0.2, 0.25) is 0 Å². The lowest BCUT2D eigenvalue weighted by Crippen LogP contribution is -2.45. The molecule has 6 nitrogen and oxygen atoms in total. The first-order chi connectivity index (χ1) is 12.2. The summed E-state index contributed by atoms with van der Waals surface area (Å²) in [5, 5.41) is 5.90. The van der Waals surface area contributed by atoms with Crippen molar-refractivity contribution in [3.05, 3.63) is 29.8 Å². The van der Waals surface area contributed by atoms with Gasteiger partial charge in [0.1, 0.15) is 5.41 Å². The molecule has 0 atom stereocenters. The summed E-state index contributed by atoms with van der Waals surface area (Å²) in [7, 11) is 0. The first-order valence-electron chi connectivity index (χ1n) is 9.13. The maximum atomic E-state index is 12.7. The van der Waals surface area contributed by atoms with Crippen molar-refractivity contribution in [1.29, 1.82) is 0 Å². The number of nitrogens with zero attached hydrogens (tertiary/aromatic N) is 1. The van der Waals surface area contributed by atoms with E-state index in [2.05, 4.69) is 22.5 Å². The quantitative estimate of drug-likeness (QED) is 0.733. The van der Waals surface area contributed by atoms with E-state index < -0.39 is 5.41 Å². The van der Waals surface area contributed by atoms with Crippen LogP contribution in [0.4, 0.5) is 5.69 Å². The van der Waals surface area contributed by atoms with Gasteiger partial charge in [-0.2, -0.15) is 0 Å². The van der Waals surface area contributed by atoms with E-state index in [9.17, 15) is 9.59 Å². The van der Waals surface area contributed by atoms with Gasteiger partial charge in [-0.25, -0.2) is 0 Å². The second-order valence-electron chi connectivity index (χ2n) is 6.76. The van der Waals surface area contributed by atoms with E-state index in [4.69, 9.17) is 4.74 Å². The van der Waals surface area contributed by atoms with Gasteiger partial charge in [0, 0.05) is 31.9 Å². The highest BCUT2D eigenvalue weighted by Crippen LogP contribution is 2.47. The maximum absolute atomic E-state index is 12.7. The van der Waals surface area contributed by atoms with Gasteiger partial charge >= 0.3 is 0 Å². The molecule has 2 fully saturated rings. The molecule has 1 aromatic rings. The third-order valence-corrected chi connectivity index (χ3v) is 5.08. The summed E-state index contributed by atoms with van der Waals surface area (Å²) >= 11 is 0. The molecule has 0 radical (unpaired) electrons. The van der Waals surface area contributed by atoms with Gasteiger partial charge in [0.2, 0.25) is 11.8 Å². The predicted molar refractivity (Wildman–Crippen MR) is 96.4 cm³/mol. The van der Waals surface area contributed by atoms with Crippen LogP contribution in [0.1, 0.15) is 25.3 Å². The lowest BCUT2D eigenvalue weighted by molar-refractivity contribution is -0.134. The SMILES string of the molecule is CCc1ccccc1NC(=O)C1(C(=O)NCCN2CCOCC2)CC1. The molecule has 25 heavy (non-hydrogen) atoms. The van der Waals surface area contributed by atoms with Crippen LogP contribution in [0.25, 0.3) is 0 Å². The van der Waals surface area contributed by atoms with Gasteiger partial charge < -0.3 is 15.4 Å². The van der Waals surface area contributed by atoms with Gasteiger partial charge in [0.25, 0.3) is 0 Å². The summed E-state index contributed by atoms with van der Waals surface area (Å²) in [4.78, 5) is 27.5. The molecule has 1 saturated heterocycles. The fraction of sp³-hybridized carbons (Fsp3) is 0.579. The molecule has 6 heteroatoms. The Morgan fingerprint density at radius 2 is 1.88 bits per heavy atom. The molecule has 0 spiro atoms. The van der Waals surface area contributed by atoms with Gasteiger partial charge in [0.05, 0.1) is 13.2 Å². The molecule has 136 valence electrons. The van der Waals surface area contributed by atoms with E-state index in [-0.39, 0.29) is 11.8 Å². The average molecular weight is 345 g/mol. The van der Waals surface area contributed by atoms with Crippen LogP contribution in [0.15, 0.2) is 24.3 Å².